The molecule has 1 aliphatic rings. The van der Waals surface area contributed by atoms with Crippen molar-refractivity contribution < 1.29 is 8.42 Å². The van der Waals surface area contributed by atoms with Crippen LogP contribution < -0.4 is 5.32 Å². The first-order chi connectivity index (χ1) is 7.93. The van der Waals surface area contributed by atoms with Gasteiger partial charge in [-0.2, -0.15) is 9.40 Å². The normalized spacial score (nSPS) is 21.6. The van der Waals surface area contributed by atoms with E-state index in [1.807, 2.05) is 6.92 Å². The van der Waals surface area contributed by atoms with Crippen molar-refractivity contribution in [3.05, 3.63) is 11.9 Å². The number of piperazine rings is 1. The minimum Gasteiger partial charge on any atom is -0.312 e. The Morgan fingerprint density at radius 3 is 2.67 bits per heavy atom. The summed E-state index contributed by atoms with van der Waals surface area (Å²) in [5, 5.41) is 7.22. The van der Waals surface area contributed by atoms with Crippen molar-refractivity contribution in [2.24, 2.45) is 7.05 Å². The van der Waals surface area contributed by atoms with E-state index in [0.717, 1.165) is 0 Å². The lowest BCUT2D eigenvalue weighted by Crippen LogP contribution is -2.51. The highest BCUT2D eigenvalue weighted by molar-refractivity contribution is 7.89. The number of halogens is 1. The van der Waals surface area contributed by atoms with Crippen LogP contribution in [0.5, 0.6) is 0 Å². The third-order valence-electron chi connectivity index (χ3n) is 3.14. The van der Waals surface area contributed by atoms with Crippen LogP contribution in [0, 0.1) is 6.92 Å². The molecule has 1 saturated heterocycles. The van der Waals surface area contributed by atoms with Crippen LogP contribution in [-0.2, 0) is 17.1 Å². The van der Waals surface area contributed by atoms with Crippen LogP contribution in [0.25, 0.3) is 0 Å². The molecule has 0 saturated carbocycles. The molecule has 8 heteroatoms. The third kappa shape index (κ3) is 2.69. The Kier molecular flexibility index (Phi) is 4.77. The van der Waals surface area contributed by atoms with Crippen molar-refractivity contribution in [3.8, 4) is 0 Å². The summed E-state index contributed by atoms with van der Waals surface area (Å²) >= 11 is 0. The summed E-state index contributed by atoms with van der Waals surface area (Å²) in [6.45, 7) is 5.47. The minimum absolute atomic E-state index is 0. The summed E-state index contributed by atoms with van der Waals surface area (Å²) in [4.78, 5) is 0.314. The zero-order valence-electron chi connectivity index (χ0n) is 10.8. The molecule has 6 nitrogen and oxygen atoms in total. The molecule has 1 aliphatic heterocycles. The summed E-state index contributed by atoms with van der Waals surface area (Å²) in [5.74, 6) is 0. The lowest BCUT2D eigenvalue weighted by molar-refractivity contribution is 0.310. The van der Waals surface area contributed by atoms with Gasteiger partial charge in [0, 0.05) is 32.7 Å². The van der Waals surface area contributed by atoms with E-state index in [9.17, 15) is 8.42 Å². The molecular weight excluding hydrogens is 276 g/mol. The summed E-state index contributed by atoms with van der Waals surface area (Å²) in [6.07, 6.45) is 1.43. The number of rotatable bonds is 2. The molecule has 1 aromatic heterocycles. The highest BCUT2D eigenvalue weighted by Gasteiger charge is 2.30. The number of nitrogens with zero attached hydrogens (tertiary/aromatic N) is 3. The van der Waals surface area contributed by atoms with Gasteiger partial charge in [0.2, 0.25) is 10.0 Å². The van der Waals surface area contributed by atoms with Crippen molar-refractivity contribution in [3.63, 3.8) is 0 Å². The first-order valence-corrected chi connectivity index (χ1v) is 7.09. The summed E-state index contributed by atoms with van der Waals surface area (Å²) in [6, 6.07) is 0.190. The van der Waals surface area contributed by atoms with E-state index < -0.39 is 10.0 Å². The predicted molar refractivity (Wildman–Crippen MR) is 71.4 cm³/mol. The topological polar surface area (TPSA) is 67.2 Å². The van der Waals surface area contributed by atoms with Crippen LogP contribution in [-0.4, -0.2) is 48.2 Å². The molecule has 1 unspecified atom stereocenters. The highest BCUT2D eigenvalue weighted by atomic mass is 35.5. The van der Waals surface area contributed by atoms with Gasteiger partial charge in [0.15, 0.2) is 0 Å². The molecular formula is C10H19ClN4O2S. The van der Waals surface area contributed by atoms with Crippen LogP contribution >= 0.6 is 12.4 Å². The van der Waals surface area contributed by atoms with E-state index >= 15 is 0 Å². The van der Waals surface area contributed by atoms with Gasteiger partial charge in [-0.25, -0.2) is 8.42 Å². The van der Waals surface area contributed by atoms with E-state index in [0.29, 0.717) is 30.2 Å². The second kappa shape index (κ2) is 5.56. The zero-order valence-corrected chi connectivity index (χ0v) is 12.4. The van der Waals surface area contributed by atoms with Crippen LogP contribution in [0.1, 0.15) is 12.6 Å². The maximum absolute atomic E-state index is 12.4. The lowest BCUT2D eigenvalue weighted by Gasteiger charge is -2.30. The van der Waals surface area contributed by atoms with Crippen LogP contribution in [0.3, 0.4) is 0 Å². The molecule has 104 valence electrons. The number of nitrogens with one attached hydrogen (secondary N) is 1. The Morgan fingerprint density at radius 2 is 2.17 bits per heavy atom. The van der Waals surface area contributed by atoms with Gasteiger partial charge in [-0.1, -0.05) is 0 Å². The second-order valence-corrected chi connectivity index (χ2v) is 6.34. The van der Waals surface area contributed by atoms with Crippen molar-refractivity contribution in [2.75, 3.05) is 19.6 Å². The molecule has 2 rings (SSSR count). The maximum atomic E-state index is 12.4. The smallest absolute Gasteiger partial charge is 0.246 e. The number of aromatic nitrogens is 2. The van der Waals surface area contributed by atoms with Crippen molar-refractivity contribution >= 4 is 22.4 Å². The summed E-state index contributed by atoms with van der Waals surface area (Å²) in [7, 11) is -1.65. The van der Waals surface area contributed by atoms with Gasteiger partial charge in [0.05, 0.1) is 11.9 Å². The Bertz CT molecular complexity index is 514. The molecule has 0 bridgehead atoms. The van der Waals surface area contributed by atoms with Crippen LogP contribution in [0.2, 0.25) is 0 Å². The Balaban J connectivity index is 0.00000162. The van der Waals surface area contributed by atoms with E-state index in [4.69, 9.17) is 0 Å². The molecule has 1 N–H and O–H groups in total. The average Bonchev–Trinajstić information content (AvgIpc) is 2.60. The van der Waals surface area contributed by atoms with E-state index in [1.165, 1.54) is 10.5 Å². The molecule has 2 heterocycles. The molecule has 18 heavy (non-hydrogen) atoms. The van der Waals surface area contributed by atoms with Gasteiger partial charge in [-0.05, 0) is 13.8 Å². The molecule has 0 amide bonds. The van der Waals surface area contributed by atoms with E-state index in [1.54, 1.807) is 18.7 Å². The van der Waals surface area contributed by atoms with E-state index in [2.05, 4.69) is 10.4 Å². The van der Waals surface area contributed by atoms with Gasteiger partial charge < -0.3 is 5.32 Å². The average molecular weight is 295 g/mol. The van der Waals surface area contributed by atoms with Gasteiger partial charge in [-0.15, -0.1) is 12.4 Å². The fourth-order valence-electron chi connectivity index (χ4n) is 1.99. The fourth-order valence-corrected chi connectivity index (χ4v) is 3.70. The fraction of sp³-hybridized carbons (Fsp3) is 0.700. The first kappa shape index (κ1) is 15.4. The Labute approximate surface area is 114 Å². The highest BCUT2D eigenvalue weighted by Crippen LogP contribution is 2.19. The van der Waals surface area contributed by atoms with Crippen molar-refractivity contribution in [2.45, 2.75) is 24.8 Å². The molecule has 0 spiro atoms. The Morgan fingerprint density at radius 1 is 1.50 bits per heavy atom. The maximum Gasteiger partial charge on any atom is 0.246 e. The predicted octanol–water partition coefficient (Wildman–Crippen LogP) is 0.133. The lowest BCUT2D eigenvalue weighted by atomic mass is 10.3. The number of sulfonamides is 1. The molecule has 0 aliphatic carbocycles. The van der Waals surface area contributed by atoms with Crippen LogP contribution in [0.4, 0.5) is 0 Å². The van der Waals surface area contributed by atoms with Gasteiger partial charge >= 0.3 is 0 Å². The van der Waals surface area contributed by atoms with Gasteiger partial charge in [0.25, 0.3) is 0 Å². The van der Waals surface area contributed by atoms with E-state index in [-0.39, 0.29) is 18.4 Å². The summed E-state index contributed by atoms with van der Waals surface area (Å²) in [5.41, 5.74) is 0.677. The molecule has 0 radical (unpaired) electrons. The third-order valence-corrected chi connectivity index (χ3v) is 5.11. The van der Waals surface area contributed by atoms with Crippen molar-refractivity contribution in [1.82, 2.24) is 19.4 Å². The van der Waals surface area contributed by atoms with Gasteiger partial charge in [0.1, 0.15) is 4.90 Å². The number of hydrogen-bond donors (Lipinski definition) is 1. The molecule has 1 fully saturated rings. The van der Waals surface area contributed by atoms with Gasteiger partial charge in [-0.3, -0.25) is 4.68 Å². The van der Waals surface area contributed by atoms with Crippen LogP contribution in [0.15, 0.2) is 11.1 Å². The minimum atomic E-state index is -3.39. The molecule has 1 aromatic rings. The molecule has 1 atom stereocenters. The molecule has 0 aromatic carbocycles. The largest absolute Gasteiger partial charge is 0.312 e. The quantitative estimate of drug-likeness (QED) is 0.842. The first-order valence-electron chi connectivity index (χ1n) is 5.65. The summed E-state index contributed by atoms with van der Waals surface area (Å²) < 4.78 is 27.9. The second-order valence-electron chi connectivity index (χ2n) is 4.44. The number of aryl methyl sites for hydroxylation is 1. The Hall–Kier alpha value is -0.630. The zero-order chi connectivity index (χ0) is 12.6. The standard InChI is InChI=1S/C10H18N4O2S.ClH/c1-8-7-14(5-4-11-8)17(15,16)10-6-12-13(3)9(10)2;/h6,8,11H,4-5,7H2,1-3H3;1H. The number of hydrogen-bond acceptors (Lipinski definition) is 4. The van der Waals surface area contributed by atoms with Crippen molar-refractivity contribution in [1.29, 1.82) is 0 Å². The monoisotopic (exact) mass is 294 g/mol. The SMILES string of the molecule is Cc1c(S(=O)(=O)N2CCNC(C)C2)cnn1C.Cl.